The average molecular weight is 198 g/mol. The zero-order valence-electron chi connectivity index (χ0n) is 7.15. The average Bonchev–Trinajstić information content (AvgIpc) is 2.16. The van der Waals surface area contributed by atoms with Gasteiger partial charge in [0, 0.05) is 19.4 Å². The van der Waals surface area contributed by atoms with E-state index in [4.69, 9.17) is 5.73 Å². The van der Waals surface area contributed by atoms with Gasteiger partial charge in [-0.05, 0) is 0 Å². The second-order valence-corrected chi connectivity index (χ2v) is 3.17. The van der Waals surface area contributed by atoms with Crippen LogP contribution in [0.5, 0.6) is 0 Å². The first-order valence-corrected chi connectivity index (χ1v) is 4.62. The van der Waals surface area contributed by atoms with Gasteiger partial charge in [0.15, 0.2) is 5.82 Å². The second-order valence-electron chi connectivity index (χ2n) is 2.21. The maximum Gasteiger partial charge on any atom is 0.230 e. The van der Waals surface area contributed by atoms with Gasteiger partial charge >= 0.3 is 0 Å². The van der Waals surface area contributed by atoms with Gasteiger partial charge in [-0.25, -0.2) is 9.97 Å². The van der Waals surface area contributed by atoms with Crippen molar-refractivity contribution in [2.24, 2.45) is 0 Å². The van der Waals surface area contributed by atoms with Gasteiger partial charge in [0.2, 0.25) is 5.91 Å². The maximum absolute atomic E-state index is 10.9. The zero-order valence-corrected chi connectivity index (χ0v) is 7.97. The highest BCUT2D eigenvalue weighted by Gasteiger charge is 2.04. The van der Waals surface area contributed by atoms with Crippen molar-refractivity contribution in [3.8, 4) is 0 Å². The molecular weight excluding hydrogens is 188 g/mol. The monoisotopic (exact) mass is 198 g/mol. The molecule has 3 N–H and O–H groups in total. The van der Waals surface area contributed by atoms with Gasteiger partial charge in [-0.15, -0.1) is 0 Å². The molecule has 0 saturated heterocycles. The van der Waals surface area contributed by atoms with Crippen LogP contribution < -0.4 is 11.1 Å². The summed E-state index contributed by atoms with van der Waals surface area (Å²) in [4.78, 5) is 18.7. The van der Waals surface area contributed by atoms with E-state index < -0.39 is 0 Å². The first-order chi connectivity index (χ1) is 6.24. The van der Waals surface area contributed by atoms with E-state index in [1.54, 1.807) is 13.2 Å². The van der Waals surface area contributed by atoms with Crippen LogP contribution in [0.2, 0.25) is 0 Å². The van der Waals surface area contributed by atoms with Crippen molar-refractivity contribution in [2.75, 3.05) is 18.5 Å². The highest BCUT2D eigenvalue weighted by molar-refractivity contribution is 8.00. The maximum atomic E-state index is 10.9. The Hall–Kier alpha value is -1.30. The van der Waals surface area contributed by atoms with E-state index in [0.717, 1.165) is 0 Å². The molecule has 1 aromatic heterocycles. The molecule has 70 valence electrons. The third-order valence-corrected chi connectivity index (χ3v) is 2.30. The second kappa shape index (κ2) is 4.66. The topological polar surface area (TPSA) is 80.9 Å². The Labute approximate surface area is 80.1 Å². The lowest BCUT2D eigenvalue weighted by Crippen LogP contribution is -2.19. The van der Waals surface area contributed by atoms with Crippen molar-refractivity contribution < 1.29 is 4.79 Å². The summed E-state index contributed by atoms with van der Waals surface area (Å²) in [6.07, 6.45) is 3.06. The van der Waals surface area contributed by atoms with Gasteiger partial charge in [0.1, 0.15) is 5.03 Å². The molecule has 0 aromatic carbocycles. The SMILES string of the molecule is CNC(=O)CSc1nccnc1N. The molecule has 0 aliphatic carbocycles. The number of thioether (sulfide) groups is 1. The summed E-state index contributed by atoms with van der Waals surface area (Å²) in [6.45, 7) is 0. The van der Waals surface area contributed by atoms with E-state index in [9.17, 15) is 4.79 Å². The van der Waals surface area contributed by atoms with Crippen molar-refractivity contribution in [3.05, 3.63) is 12.4 Å². The predicted molar refractivity (Wildman–Crippen MR) is 51.2 cm³/mol. The number of amides is 1. The highest BCUT2D eigenvalue weighted by atomic mass is 32.2. The van der Waals surface area contributed by atoms with Gasteiger partial charge in [0.25, 0.3) is 0 Å². The Morgan fingerprint density at radius 1 is 1.62 bits per heavy atom. The van der Waals surface area contributed by atoms with Crippen molar-refractivity contribution in [2.45, 2.75) is 5.03 Å². The van der Waals surface area contributed by atoms with Crippen molar-refractivity contribution in [3.63, 3.8) is 0 Å². The Balaban J connectivity index is 2.54. The van der Waals surface area contributed by atoms with Crippen LogP contribution in [0.4, 0.5) is 5.82 Å². The summed E-state index contributed by atoms with van der Waals surface area (Å²) in [5.41, 5.74) is 5.52. The fourth-order valence-electron chi connectivity index (χ4n) is 0.653. The number of nitrogens with two attached hydrogens (primary N) is 1. The summed E-state index contributed by atoms with van der Waals surface area (Å²) in [5, 5.41) is 3.09. The molecular formula is C7H10N4OS. The third-order valence-electron chi connectivity index (χ3n) is 1.31. The molecule has 0 unspecified atom stereocenters. The van der Waals surface area contributed by atoms with Crippen LogP contribution in [0, 0.1) is 0 Å². The Morgan fingerprint density at radius 3 is 2.92 bits per heavy atom. The van der Waals surface area contributed by atoms with E-state index in [0.29, 0.717) is 16.6 Å². The molecule has 13 heavy (non-hydrogen) atoms. The number of hydrogen-bond acceptors (Lipinski definition) is 5. The fraction of sp³-hybridized carbons (Fsp3) is 0.286. The van der Waals surface area contributed by atoms with Crippen LogP contribution in [-0.4, -0.2) is 28.7 Å². The molecule has 0 fully saturated rings. The molecule has 0 aliphatic heterocycles. The summed E-state index contributed by atoms with van der Waals surface area (Å²) in [7, 11) is 1.59. The Bertz CT molecular complexity index is 304. The Morgan fingerprint density at radius 2 is 2.31 bits per heavy atom. The molecule has 0 bridgehead atoms. The number of aromatic nitrogens is 2. The molecule has 0 aliphatic rings. The lowest BCUT2D eigenvalue weighted by atomic mass is 10.7. The van der Waals surface area contributed by atoms with Crippen LogP contribution in [0.15, 0.2) is 17.4 Å². The largest absolute Gasteiger partial charge is 0.381 e. The van der Waals surface area contributed by atoms with E-state index in [1.165, 1.54) is 18.0 Å². The number of anilines is 1. The van der Waals surface area contributed by atoms with Crippen LogP contribution in [0.25, 0.3) is 0 Å². The van der Waals surface area contributed by atoms with Gasteiger partial charge < -0.3 is 11.1 Å². The van der Waals surface area contributed by atoms with Crippen molar-refractivity contribution in [1.29, 1.82) is 0 Å². The highest BCUT2D eigenvalue weighted by Crippen LogP contribution is 2.18. The third kappa shape index (κ3) is 2.90. The number of hydrogen-bond donors (Lipinski definition) is 2. The standard InChI is InChI=1S/C7H10N4OS/c1-9-5(12)4-13-7-6(8)10-2-3-11-7/h2-3H,4H2,1H3,(H2,8,10)(H,9,12). The summed E-state index contributed by atoms with van der Waals surface area (Å²) in [6, 6.07) is 0. The van der Waals surface area contributed by atoms with Crippen LogP contribution in [-0.2, 0) is 4.79 Å². The van der Waals surface area contributed by atoms with Gasteiger partial charge in [-0.2, -0.15) is 0 Å². The van der Waals surface area contributed by atoms with Gasteiger partial charge in [0.05, 0.1) is 5.75 Å². The molecule has 0 spiro atoms. The summed E-state index contributed by atoms with van der Waals surface area (Å²) < 4.78 is 0. The number of carbonyl (C=O) groups excluding carboxylic acids is 1. The van der Waals surface area contributed by atoms with Crippen LogP contribution in [0.3, 0.4) is 0 Å². The lowest BCUT2D eigenvalue weighted by molar-refractivity contribution is -0.118. The normalized spacial score (nSPS) is 9.62. The van der Waals surface area contributed by atoms with Crippen LogP contribution in [0.1, 0.15) is 0 Å². The molecule has 5 nitrogen and oxygen atoms in total. The lowest BCUT2D eigenvalue weighted by Gasteiger charge is -2.01. The Kier molecular flexibility index (Phi) is 3.51. The molecule has 0 atom stereocenters. The van der Waals surface area contributed by atoms with Gasteiger partial charge in [-0.1, -0.05) is 11.8 Å². The number of rotatable bonds is 3. The molecule has 1 amide bonds. The fourth-order valence-corrected chi connectivity index (χ4v) is 1.40. The smallest absolute Gasteiger partial charge is 0.230 e. The first-order valence-electron chi connectivity index (χ1n) is 3.64. The number of carbonyl (C=O) groups is 1. The minimum absolute atomic E-state index is 0.0601. The minimum Gasteiger partial charge on any atom is -0.381 e. The van der Waals surface area contributed by atoms with Gasteiger partial charge in [-0.3, -0.25) is 4.79 Å². The zero-order chi connectivity index (χ0) is 9.68. The number of nitrogens with one attached hydrogen (secondary N) is 1. The summed E-state index contributed by atoms with van der Waals surface area (Å²) >= 11 is 1.27. The molecule has 1 heterocycles. The molecule has 0 radical (unpaired) electrons. The van der Waals surface area contributed by atoms with E-state index in [1.807, 2.05) is 0 Å². The van der Waals surface area contributed by atoms with Crippen molar-refractivity contribution in [1.82, 2.24) is 15.3 Å². The van der Waals surface area contributed by atoms with E-state index >= 15 is 0 Å². The van der Waals surface area contributed by atoms with Crippen molar-refractivity contribution >= 4 is 23.5 Å². The van der Waals surface area contributed by atoms with Crippen LogP contribution >= 0.6 is 11.8 Å². The van der Waals surface area contributed by atoms with E-state index in [-0.39, 0.29) is 5.91 Å². The summed E-state index contributed by atoms with van der Waals surface area (Å²) in [5.74, 6) is 0.603. The first kappa shape index (κ1) is 9.79. The molecule has 0 saturated carbocycles. The molecule has 1 aromatic rings. The quantitative estimate of drug-likeness (QED) is 0.663. The molecule has 6 heteroatoms. The number of nitrogens with zero attached hydrogens (tertiary/aromatic N) is 2. The minimum atomic E-state index is -0.0601. The molecule has 1 rings (SSSR count). The van der Waals surface area contributed by atoms with E-state index in [2.05, 4.69) is 15.3 Å². The number of nitrogen functional groups attached to an aromatic ring is 1. The predicted octanol–water partition coefficient (Wildman–Crippen LogP) is -0.103.